The summed E-state index contributed by atoms with van der Waals surface area (Å²) in [5.74, 6) is -0.119. The number of nitrogens with one attached hydrogen (secondary N) is 1. The number of anilines is 2. The molecule has 0 aliphatic carbocycles. The van der Waals surface area contributed by atoms with Gasteiger partial charge in [-0.1, -0.05) is 43.6 Å². The van der Waals surface area contributed by atoms with Gasteiger partial charge in [-0.25, -0.2) is 0 Å². The predicted octanol–water partition coefficient (Wildman–Crippen LogP) is 4.47. The largest absolute Gasteiger partial charge is 0.495 e. The lowest BCUT2D eigenvalue weighted by atomic mass is 10.0. The summed E-state index contributed by atoms with van der Waals surface area (Å²) in [7, 11) is 1.54. The maximum atomic E-state index is 12.8. The van der Waals surface area contributed by atoms with Gasteiger partial charge in [0, 0.05) is 23.7 Å². The van der Waals surface area contributed by atoms with E-state index in [4.69, 9.17) is 16.3 Å². The molecule has 1 aliphatic heterocycles. The molecule has 1 N–H and O–H groups in total. The molecule has 5 nitrogen and oxygen atoms in total. The van der Waals surface area contributed by atoms with Crippen LogP contribution in [0.5, 0.6) is 5.75 Å². The van der Waals surface area contributed by atoms with Crippen molar-refractivity contribution in [1.82, 2.24) is 0 Å². The van der Waals surface area contributed by atoms with Gasteiger partial charge in [0.1, 0.15) is 5.75 Å². The van der Waals surface area contributed by atoms with E-state index >= 15 is 0 Å². The second-order valence-corrected chi connectivity index (χ2v) is 7.31. The van der Waals surface area contributed by atoms with Crippen molar-refractivity contribution in [3.05, 3.63) is 52.5 Å². The monoisotopic (exact) mass is 400 g/mol. The van der Waals surface area contributed by atoms with E-state index in [2.05, 4.69) is 19.2 Å². The van der Waals surface area contributed by atoms with Gasteiger partial charge in [-0.2, -0.15) is 0 Å². The minimum Gasteiger partial charge on any atom is -0.495 e. The number of halogens is 1. The first-order valence-electron chi connectivity index (χ1n) is 9.54. The van der Waals surface area contributed by atoms with Crippen LogP contribution in [0.2, 0.25) is 5.02 Å². The van der Waals surface area contributed by atoms with E-state index in [0.29, 0.717) is 23.0 Å². The van der Waals surface area contributed by atoms with Crippen LogP contribution in [-0.2, 0) is 22.4 Å². The fourth-order valence-electron chi connectivity index (χ4n) is 3.67. The van der Waals surface area contributed by atoms with Gasteiger partial charge in [-0.05, 0) is 42.2 Å². The van der Waals surface area contributed by atoms with E-state index < -0.39 is 5.92 Å². The summed E-state index contributed by atoms with van der Waals surface area (Å²) in [6.07, 6.45) is 1.86. The zero-order chi connectivity index (χ0) is 20.3. The molecule has 1 saturated heterocycles. The number of nitrogens with zero attached hydrogens (tertiary/aromatic N) is 1. The number of aryl methyl sites for hydroxylation is 2. The molecule has 3 rings (SSSR count). The quantitative estimate of drug-likeness (QED) is 0.778. The minimum atomic E-state index is -0.425. The number of benzene rings is 2. The number of para-hydroxylation sites is 1. The average Bonchev–Trinajstić information content (AvgIpc) is 3.08. The first-order chi connectivity index (χ1) is 13.5. The molecule has 2 aromatic rings. The highest BCUT2D eigenvalue weighted by atomic mass is 35.5. The standard InChI is InChI=1S/C22H25ClN2O3/c1-4-14-7-6-8-15(5-2)21(14)25-13-16(11-20(25)26)22(27)24-18-12-17(23)9-10-19(18)28-3/h6-10,12,16H,4-5,11,13H2,1-3H3,(H,24,27)/t16-/m0/s1. The Bertz CT molecular complexity index is 875. The zero-order valence-corrected chi connectivity index (χ0v) is 17.2. The molecular weight excluding hydrogens is 376 g/mol. The Balaban J connectivity index is 1.82. The van der Waals surface area contributed by atoms with Crippen molar-refractivity contribution in [2.24, 2.45) is 5.92 Å². The summed E-state index contributed by atoms with van der Waals surface area (Å²) in [4.78, 5) is 27.4. The molecule has 1 atom stereocenters. The van der Waals surface area contributed by atoms with Gasteiger partial charge in [0.15, 0.2) is 0 Å². The van der Waals surface area contributed by atoms with Crippen LogP contribution < -0.4 is 15.0 Å². The molecule has 0 bridgehead atoms. The maximum Gasteiger partial charge on any atom is 0.229 e. The number of rotatable bonds is 6. The first-order valence-corrected chi connectivity index (χ1v) is 9.91. The molecule has 6 heteroatoms. The minimum absolute atomic E-state index is 0.0196. The molecule has 0 aromatic heterocycles. The van der Waals surface area contributed by atoms with Gasteiger partial charge in [0.25, 0.3) is 0 Å². The summed E-state index contributed by atoms with van der Waals surface area (Å²) < 4.78 is 5.29. The fraction of sp³-hybridized carbons (Fsp3) is 0.364. The lowest BCUT2D eigenvalue weighted by Crippen LogP contribution is -2.29. The molecule has 0 unspecified atom stereocenters. The molecule has 148 valence electrons. The van der Waals surface area contributed by atoms with E-state index in [1.165, 1.54) is 7.11 Å². The second-order valence-electron chi connectivity index (χ2n) is 6.87. The number of carbonyl (C=O) groups is 2. The van der Waals surface area contributed by atoms with Gasteiger partial charge < -0.3 is 15.0 Å². The SMILES string of the molecule is CCc1cccc(CC)c1N1C[C@@H](C(=O)Nc2cc(Cl)ccc2OC)CC1=O. The molecule has 28 heavy (non-hydrogen) atoms. The van der Waals surface area contributed by atoms with Crippen LogP contribution in [0, 0.1) is 5.92 Å². The van der Waals surface area contributed by atoms with E-state index in [0.717, 1.165) is 29.7 Å². The van der Waals surface area contributed by atoms with Crippen LogP contribution in [-0.4, -0.2) is 25.5 Å². The van der Waals surface area contributed by atoms with Gasteiger partial charge in [0.2, 0.25) is 11.8 Å². The van der Waals surface area contributed by atoms with Crippen molar-refractivity contribution in [3.8, 4) is 5.75 Å². The average molecular weight is 401 g/mol. The van der Waals surface area contributed by atoms with Gasteiger partial charge in [0.05, 0.1) is 18.7 Å². The van der Waals surface area contributed by atoms with Crippen LogP contribution in [0.15, 0.2) is 36.4 Å². The first kappa shape index (κ1) is 20.2. The Labute approximate surface area is 170 Å². The van der Waals surface area contributed by atoms with Crippen molar-refractivity contribution < 1.29 is 14.3 Å². The summed E-state index contributed by atoms with van der Waals surface area (Å²) in [6.45, 7) is 4.53. The Hall–Kier alpha value is -2.53. The smallest absolute Gasteiger partial charge is 0.229 e. The van der Waals surface area contributed by atoms with Crippen molar-refractivity contribution in [3.63, 3.8) is 0 Å². The van der Waals surface area contributed by atoms with Gasteiger partial charge >= 0.3 is 0 Å². The number of hydrogen-bond acceptors (Lipinski definition) is 3. The van der Waals surface area contributed by atoms with Crippen LogP contribution in [0.1, 0.15) is 31.4 Å². The molecule has 2 aromatic carbocycles. The third kappa shape index (κ3) is 3.99. The summed E-state index contributed by atoms with van der Waals surface area (Å²) in [5.41, 5.74) is 3.73. The predicted molar refractivity (Wildman–Crippen MR) is 112 cm³/mol. The van der Waals surface area contributed by atoms with Gasteiger partial charge in [-0.15, -0.1) is 0 Å². The number of hydrogen-bond donors (Lipinski definition) is 1. The Kier molecular flexibility index (Phi) is 6.25. The molecule has 0 saturated carbocycles. The van der Waals surface area contributed by atoms with Crippen LogP contribution in [0.4, 0.5) is 11.4 Å². The molecule has 0 radical (unpaired) electrons. The Morgan fingerprint density at radius 2 is 1.89 bits per heavy atom. The molecule has 1 aliphatic rings. The lowest BCUT2D eigenvalue weighted by molar-refractivity contribution is -0.122. The Morgan fingerprint density at radius 1 is 1.21 bits per heavy atom. The highest BCUT2D eigenvalue weighted by molar-refractivity contribution is 6.31. The van der Waals surface area contributed by atoms with E-state index in [1.807, 2.05) is 18.2 Å². The number of ether oxygens (including phenoxy) is 1. The fourth-order valence-corrected chi connectivity index (χ4v) is 3.85. The normalized spacial score (nSPS) is 16.4. The highest BCUT2D eigenvalue weighted by Crippen LogP contribution is 2.34. The molecular formula is C22H25ClN2O3. The van der Waals surface area contributed by atoms with Gasteiger partial charge in [-0.3, -0.25) is 9.59 Å². The van der Waals surface area contributed by atoms with E-state index in [-0.39, 0.29) is 18.2 Å². The maximum absolute atomic E-state index is 12.8. The molecule has 1 fully saturated rings. The summed E-state index contributed by atoms with van der Waals surface area (Å²) in [5, 5.41) is 3.37. The van der Waals surface area contributed by atoms with Crippen molar-refractivity contribution in [1.29, 1.82) is 0 Å². The van der Waals surface area contributed by atoms with Crippen molar-refractivity contribution in [2.75, 3.05) is 23.9 Å². The topological polar surface area (TPSA) is 58.6 Å². The van der Waals surface area contributed by atoms with Crippen LogP contribution in [0.3, 0.4) is 0 Å². The highest BCUT2D eigenvalue weighted by Gasteiger charge is 2.36. The lowest BCUT2D eigenvalue weighted by Gasteiger charge is -2.23. The summed E-state index contributed by atoms with van der Waals surface area (Å²) in [6, 6.07) is 11.2. The summed E-state index contributed by atoms with van der Waals surface area (Å²) >= 11 is 6.04. The molecule has 1 heterocycles. The van der Waals surface area contributed by atoms with E-state index in [9.17, 15) is 9.59 Å². The van der Waals surface area contributed by atoms with Crippen molar-refractivity contribution in [2.45, 2.75) is 33.1 Å². The van der Waals surface area contributed by atoms with E-state index in [1.54, 1.807) is 23.1 Å². The third-order valence-corrected chi connectivity index (χ3v) is 5.39. The Morgan fingerprint density at radius 3 is 2.50 bits per heavy atom. The third-order valence-electron chi connectivity index (χ3n) is 5.15. The van der Waals surface area contributed by atoms with Crippen LogP contribution in [0.25, 0.3) is 0 Å². The zero-order valence-electron chi connectivity index (χ0n) is 16.4. The van der Waals surface area contributed by atoms with Crippen molar-refractivity contribution >= 4 is 34.8 Å². The molecule has 2 amide bonds. The number of methoxy groups -OCH3 is 1. The number of amides is 2. The number of carbonyl (C=O) groups excluding carboxylic acids is 2. The molecule has 0 spiro atoms. The second kappa shape index (κ2) is 8.65. The van der Waals surface area contributed by atoms with Crippen LogP contribution >= 0.6 is 11.6 Å².